The van der Waals surface area contributed by atoms with E-state index in [2.05, 4.69) is 5.10 Å². The fourth-order valence-corrected chi connectivity index (χ4v) is 4.61. The second-order valence-corrected chi connectivity index (χ2v) is 8.54. The Morgan fingerprint density at radius 1 is 1.29 bits per heavy atom. The molecule has 0 amide bonds. The molecule has 2 rings (SSSR count). The SMILES string of the molecule is CCn1cc(S(=O)(=O)N2CC(C)(C)OC(C)(C)C2)c(N)n1. The molecule has 0 spiro atoms. The van der Waals surface area contributed by atoms with E-state index in [9.17, 15) is 8.42 Å². The highest BCUT2D eigenvalue weighted by Gasteiger charge is 2.44. The lowest BCUT2D eigenvalue weighted by molar-refractivity contribution is -0.163. The summed E-state index contributed by atoms with van der Waals surface area (Å²) < 4.78 is 34.6. The molecule has 1 aliphatic heterocycles. The van der Waals surface area contributed by atoms with Crippen LogP contribution in [0.2, 0.25) is 0 Å². The number of anilines is 1. The molecule has 0 aromatic carbocycles. The van der Waals surface area contributed by atoms with Crippen LogP contribution in [0.3, 0.4) is 0 Å². The van der Waals surface area contributed by atoms with Crippen LogP contribution in [0.5, 0.6) is 0 Å². The van der Waals surface area contributed by atoms with Crippen LogP contribution in [0, 0.1) is 0 Å². The van der Waals surface area contributed by atoms with Crippen LogP contribution in [0.4, 0.5) is 5.82 Å². The third-order valence-electron chi connectivity index (χ3n) is 3.36. The van der Waals surface area contributed by atoms with Gasteiger partial charge in [0, 0.05) is 25.8 Å². The Hall–Kier alpha value is -1.12. The van der Waals surface area contributed by atoms with Crippen molar-refractivity contribution in [2.24, 2.45) is 0 Å². The standard InChI is InChI=1S/C13H24N4O3S/c1-6-16-7-10(11(14)15-16)21(18,19)17-8-12(2,3)20-13(4,5)9-17/h7H,6,8-9H2,1-5H3,(H2,14,15). The van der Waals surface area contributed by atoms with Crippen molar-refractivity contribution in [1.82, 2.24) is 14.1 Å². The van der Waals surface area contributed by atoms with Crippen molar-refractivity contribution in [2.45, 2.75) is 57.3 Å². The Bertz CT molecular complexity index is 618. The van der Waals surface area contributed by atoms with Crippen molar-refractivity contribution >= 4 is 15.8 Å². The lowest BCUT2D eigenvalue weighted by Crippen LogP contribution is -2.58. The van der Waals surface area contributed by atoms with Crippen molar-refractivity contribution in [3.8, 4) is 0 Å². The maximum atomic E-state index is 12.8. The smallest absolute Gasteiger partial charge is 0.248 e. The number of nitrogen functional groups attached to an aromatic ring is 1. The van der Waals surface area contributed by atoms with Crippen LogP contribution in [-0.2, 0) is 21.3 Å². The average molecular weight is 316 g/mol. The highest BCUT2D eigenvalue weighted by atomic mass is 32.2. The van der Waals surface area contributed by atoms with Gasteiger partial charge in [0.2, 0.25) is 10.0 Å². The Morgan fingerprint density at radius 3 is 2.24 bits per heavy atom. The number of nitrogens with zero attached hydrogens (tertiary/aromatic N) is 3. The summed E-state index contributed by atoms with van der Waals surface area (Å²) in [6, 6.07) is 0. The molecule has 120 valence electrons. The molecule has 7 nitrogen and oxygen atoms in total. The third-order valence-corrected chi connectivity index (χ3v) is 5.17. The van der Waals surface area contributed by atoms with Gasteiger partial charge >= 0.3 is 0 Å². The van der Waals surface area contributed by atoms with Gasteiger partial charge in [0.1, 0.15) is 4.90 Å². The molecule has 0 radical (unpaired) electrons. The summed E-state index contributed by atoms with van der Waals surface area (Å²) in [5, 5.41) is 4.02. The maximum absolute atomic E-state index is 12.8. The number of hydrogen-bond acceptors (Lipinski definition) is 5. The highest BCUT2D eigenvalue weighted by molar-refractivity contribution is 7.89. The number of aryl methyl sites for hydroxylation is 1. The van der Waals surface area contributed by atoms with E-state index in [-0.39, 0.29) is 23.8 Å². The Kier molecular flexibility index (Phi) is 3.84. The zero-order chi connectivity index (χ0) is 16.1. The predicted molar refractivity (Wildman–Crippen MR) is 80.3 cm³/mol. The molecular weight excluding hydrogens is 292 g/mol. The molecule has 1 fully saturated rings. The van der Waals surface area contributed by atoms with Gasteiger partial charge in [-0.2, -0.15) is 9.40 Å². The second kappa shape index (κ2) is 4.96. The van der Waals surface area contributed by atoms with Gasteiger partial charge in [0.15, 0.2) is 5.82 Å². The molecule has 1 aliphatic rings. The molecule has 1 aromatic heterocycles. The van der Waals surface area contributed by atoms with Gasteiger partial charge in [-0.05, 0) is 34.6 Å². The molecule has 21 heavy (non-hydrogen) atoms. The first kappa shape index (κ1) is 16.3. The fraction of sp³-hybridized carbons (Fsp3) is 0.769. The Morgan fingerprint density at radius 2 is 1.81 bits per heavy atom. The van der Waals surface area contributed by atoms with Gasteiger partial charge in [-0.3, -0.25) is 4.68 Å². The molecule has 0 aliphatic carbocycles. The van der Waals surface area contributed by atoms with E-state index in [4.69, 9.17) is 10.5 Å². The van der Waals surface area contributed by atoms with Crippen molar-refractivity contribution in [1.29, 1.82) is 0 Å². The Labute approximate surface area is 126 Å². The molecule has 0 atom stereocenters. The second-order valence-electron chi connectivity index (χ2n) is 6.63. The molecule has 1 saturated heterocycles. The lowest BCUT2D eigenvalue weighted by Gasteiger charge is -2.46. The van der Waals surface area contributed by atoms with Crippen LogP contribution in [0.25, 0.3) is 0 Å². The number of aromatic nitrogens is 2. The van der Waals surface area contributed by atoms with Gasteiger partial charge in [0.25, 0.3) is 0 Å². The third kappa shape index (κ3) is 3.22. The summed E-state index contributed by atoms with van der Waals surface area (Å²) in [4.78, 5) is 0.0675. The van der Waals surface area contributed by atoms with Crippen LogP contribution in [-0.4, -0.2) is 46.8 Å². The first-order valence-corrected chi connectivity index (χ1v) is 8.44. The molecule has 8 heteroatoms. The molecule has 0 bridgehead atoms. The summed E-state index contributed by atoms with van der Waals surface area (Å²) in [6.45, 7) is 10.6. The van der Waals surface area contributed by atoms with Crippen molar-refractivity contribution in [2.75, 3.05) is 18.8 Å². The van der Waals surface area contributed by atoms with Gasteiger partial charge < -0.3 is 10.5 Å². The largest absolute Gasteiger partial charge is 0.381 e. The Balaban J connectivity index is 2.41. The van der Waals surface area contributed by atoms with Gasteiger partial charge in [-0.15, -0.1) is 0 Å². The van der Waals surface area contributed by atoms with Crippen molar-refractivity contribution < 1.29 is 13.2 Å². The van der Waals surface area contributed by atoms with Crippen LogP contribution < -0.4 is 5.73 Å². The zero-order valence-corrected chi connectivity index (χ0v) is 14.1. The van der Waals surface area contributed by atoms with E-state index < -0.39 is 21.2 Å². The van der Waals surface area contributed by atoms with E-state index in [1.54, 1.807) is 0 Å². The maximum Gasteiger partial charge on any atom is 0.248 e. The van der Waals surface area contributed by atoms with E-state index in [0.717, 1.165) is 0 Å². The molecule has 1 aromatic rings. The van der Waals surface area contributed by atoms with Crippen LogP contribution >= 0.6 is 0 Å². The summed E-state index contributed by atoms with van der Waals surface area (Å²) in [7, 11) is -3.68. The number of rotatable bonds is 3. The van der Waals surface area contributed by atoms with Gasteiger partial charge in [0.05, 0.1) is 11.2 Å². The minimum Gasteiger partial charge on any atom is -0.381 e. The highest BCUT2D eigenvalue weighted by Crippen LogP contribution is 2.32. The average Bonchev–Trinajstić information content (AvgIpc) is 2.67. The number of ether oxygens (including phenoxy) is 1. The predicted octanol–water partition coefficient (Wildman–Crippen LogP) is 1.06. The quantitative estimate of drug-likeness (QED) is 0.900. The van der Waals surface area contributed by atoms with E-state index in [0.29, 0.717) is 6.54 Å². The first-order chi connectivity index (χ1) is 9.47. The monoisotopic (exact) mass is 316 g/mol. The number of nitrogens with two attached hydrogens (primary N) is 1. The fourth-order valence-electron chi connectivity index (χ4n) is 2.81. The minimum atomic E-state index is -3.68. The van der Waals surface area contributed by atoms with Crippen LogP contribution in [0.15, 0.2) is 11.1 Å². The van der Waals surface area contributed by atoms with Gasteiger partial charge in [-0.25, -0.2) is 8.42 Å². The van der Waals surface area contributed by atoms with E-state index in [1.165, 1.54) is 15.2 Å². The molecule has 2 N–H and O–H groups in total. The summed E-state index contributed by atoms with van der Waals surface area (Å²) in [5.74, 6) is 0.0407. The topological polar surface area (TPSA) is 90.5 Å². The molecular formula is C13H24N4O3S. The number of hydrogen-bond donors (Lipinski definition) is 1. The van der Waals surface area contributed by atoms with E-state index >= 15 is 0 Å². The summed E-state index contributed by atoms with van der Waals surface area (Å²) in [6.07, 6.45) is 1.49. The lowest BCUT2D eigenvalue weighted by atomic mass is 10.0. The van der Waals surface area contributed by atoms with Crippen molar-refractivity contribution in [3.63, 3.8) is 0 Å². The molecule has 2 heterocycles. The summed E-state index contributed by atoms with van der Waals surface area (Å²) >= 11 is 0. The van der Waals surface area contributed by atoms with E-state index in [1.807, 2.05) is 34.6 Å². The zero-order valence-electron chi connectivity index (χ0n) is 13.3. The normalized spacial score (nSPS) is 22.3. The van der Waals surface area contributed by atoms with Crippen LogP contribution in [0.1, 0.15) is 34.6 Å². The molecule has 0 unspecified atom stereocenters. The molecule has 0 saturated carbocycles. The van der Waals surface area contributed by atoms with Gasteiger partial charge in [-0.1, -0.05) is 0 Å². The number of morpholine rings is 1. The summed E-state index contributed by atoms with van der Waals surface area (Å²) in [5.41, 5.74) is 4.67. The first-order valence-electron chi connectivity index (χ1n) is 7.00. The number of sulfonamides is 1. The van der Waals surface area contributed by atoms with Crippen molar-refractivity contribution in [3.05, 3.63) is 6.20 Å². The minimum absolute atomic E-state index is 0.0407.